The van der Waals surface area contributed by atoms with Crippen molar-refractivity contribution in [3.63, 3.8) is 0 Å². The van der Waals surface area contributed by atoms with Crippen LogP contribution in [0.25, 0.3) is 0 Å². The number of nitrogens with zero attached hydrogens (tertiary/aromatic N) is 1. The molecule has 2 aliphatic rings. The van der Waals surface area contributed by atoms with Crippen LogP contribution in [-0.2, 0) is 4.79 Å². The molecule has 3 rings (SSSR count). The van der Waals surface area contributed by atoms with E-state index in [9.17, 15) is 4.79 Å². The van der Waals surface area contributed by atoms with Gasteiger partial charge < -0.3 is 15.0 Å². The largest absolute Gasteiger partial charge is 0.481 e. The zero-order valence-electron chi connectivity index (χ0n) is 12.6. The van der Waals surface area contributed by atoms with Gasteiger partial charge in [-0.25, -0.2) is 0 Å². The summed E-state index contributed by atoms with van der Waals surface area (Å²) in [5, 5.41) is 4.03. The molecule has 1 aromatic carbocycles. The second-order valence-corrected chi connectivity index (χ2v) is 6.41. The van der Waals surface area contributed by atoms with E-state index in [4.69, 9.17) is 16.3 Å². The van der Waals surface area contributed by atoms with E-state index in [-0.39, 0.29) is 18.3 Å². The molecule has 0 spiro atoms. The first-order valence-electron chi connectivity index (χ1n) is 7.55. The van der Waals surface area contributed by atoms with Crippen molar-refractivity contribution in [2.75, 3.05) is 26.2 Å². The number of fused-ring (bicyclic) bond motifs is 1. The van der Waals surface area contributed by atoms with Gasteiger partial charge in [-0.2, -0.15) is 0 Å². The van der Waals surface area contributed by atoms with Crippen LogP contribution in [0.5, 0.6) is 5.75 Å². The highest BCUT2D eigenvalue weighted by molar-refractivity contribution is 6.30. The number of nitrogens with one attached hydrogen (secondary N) is 1. The molecule has 1 N–H and O–H groups in total. The van der Waals surface area contributed by atoms with E-state index in [1.165, 1.54) is 0 Å². The standard InChI is InChI=1S/C16H21ClN2O2.ClH/c1-11(21-15-4-2-3-14(17)7-15)16(20)19-6-5-12-8-18-9-13(12)10-19;/h2-4,7,11-13,18H,5-6,8-10H2,1H3;1H. The maximum Gasteiger partial charge on any atom is 0.263 e. The van der Waals surface area contributed by atoms with Crippen LogP contribution in [0.3, 0.4) is 0 Å². The first kappa shape index (κ1) is 17.4. The molecule has 1 aromatic rings. The van der Waals surface area contributed by atoms with Crippen molar-refractivity contribution in [2.45, 2.75) is 19.4 Å². The Bertz CT molecular complexity index is 527. The molecule has 2 aliphatic heterocycles. The van der Waals surface area contributed by atoms with Crippen LogP contribution in [0.2, 0.25) is 5.02 Å². The predicted molar refractivity (Wildman–Crippen MR) is 89.8 cm³/mol. The lowest BCUT2D eigenvalue weighted by Gasteiger charge is -2.35. The molecule has 3 atom stereocenters. The van der Waals surface area contributed by atoms with Crippen LogP contribution in [0.4, 0.5) is 0 Å². The molecule has 0 aromatic heterocycles. The second kappa shape index (κ2) is 7.53. The van der Waals surface area contributed by atoms with Gasteiger partial charge in [0.15, 0.2) is 6.10 Å². The summed E-state index contributed by atoms with van der Waals surface area (Å²) in [7, 11) is 0. The first-order chi connectivity index (χ1) is 10.1. The van der Waals surface area contributed by atoms with Crippen molar-refractivity contribution in [2.24, 2.45) is 11.8 Å². The van der Waals surface area contributed by atoms with E-state index in [2.05, 4.69) is 5.32 Å². The number of halogens is 2. The Balaban J connectivity index is 0.00000176. The van der Waals surface area contributed by atoms with Crippen LogP contribution < -0.4 is 10.1 Å². The van der Waals surface area contributed by atoms with Crippen LogP contribution in [0.1, 0.15) is 13.3 Å². The quantitative estimate of drug-likeness (QED) is 0.916. The minimum absolute atomic E-state index is 0. The van der Waals surface area contributed by atoms with E-state index >= 15 is 0 Å². The topological polar surface area (TPSA) is 41.6 Å². The van der Waals surface area contributed by atoms with Crippen molar-refractivity contribution in [1.29, 1.82) is 0 Å². The lowest BCUT2D eigenvalue weighted by Crippen LogP contribution is -2.48. The number of likely N-dealkylation sites (tertiary alicyclic amines) is 1. The molecule has 0 radical (unpaired) electrons. The number of benzene rings is 1. The van der Waals surface area contributed by atoms with Crippen molar-refractivity contribution in [3.05, 3.63) is 29.3 Å². The van der Waals surface area contributed by atoms with Gasteiger partial charge in [0.25, 0.3) is 5.91 Å². The minimum Gasteiger partial charge on any atom is -0.481 e. The molecular weight excluding hydrogens is 323 g/mol. The Kier molecular flexibility index (Phi) is 5.95. The molecule has 0 aliphatic carbocycles. The van der Waals surface area contributed by atoms with Crippen LogP contribution in [-0.4, -0.2) is 43.1 Å². The van der Waals surface area contributed by atoms with Crippen LogP contribution in [0.15, 0.2) is 24.3 Å². The fraction of sp³-hybridized carbons (Fsp3) is 0.562. The Morgan fingerprint density at radius 3 is 2.95 bits per heavy atom. The summed E-state index contributed by atoms with van der Waals surface area (Å²) in [4.78, 5) is 14.5. The van der Waals surface area contributed by atoms with E-state index in [0.29, 0.717) is 16.7 Å². The molecule has 6 heteroatoms. The van der Waals surface area contributed by atoms with Crippen molar-refractivity contribution in [3.8, 4) is 5.75 Å². The number of rotatable bonds is 3. The summed E-state index contributed by atoms with van der Waals surface area (Å²) in [5.74, 6) is 2.04. The number of piperidine rings is 1. The highest BCUT2D eigenvalue weighted by Gasteiger charge is 2.35. The monoisotopic (exact) mass is 344 g/mol. The van der Waals surface area contributed by atoms with Crippen molar-refractivity contribution in [1.82, 2.24) is 10.2 Å². The van der Waals surface area contributed by atoms with Gasteiger partial charge in [-0.15, -0.1) is 12.4 Å². The summed E-state index contributed by atoms with van der Waals surface area (Å²) in [5.41, 5.74) is 0. The average molecular weight is 345 g/mol. The van der Waals surface area contributed by atoms with E-state index in [1.54, 1.807) is 12.1 Å². The lowest BCUT2D eigenvalue weighted by atomic mass is 9.88. The summed E-state index contributed by atoms with van der Waals surface area (Å²) in [6.07, 6.45) is 0.613. The third kappa shape index (κ3) is 3.86. The molecule has 1 amide bonds. The third-order valence-corrected chi connectivity index (χ3v) is 4.71. The molecule has 2 fully saturated rings. The lowest BCUT2D eigenvalue weighted by molar-refractivity contribution is -0.140. The number of carbonyl (C=O) groups is 1. The Morgan fingerprint density at radius 1 is 1.41 bits per heavy atom. The van der Waals surface area contributed by atoms with E-state index < -0.39 is 6.10 Å². The summed E-state index contributed by atoms with van der Waals surface area (Å²) >= 11 is 5.94. The maximum absolute atomic E-state index is 12.5. The van der Waals surface area contributed by atoms with Gasteiger partial charge in [-0.1, -0.05) is 17.7 Å². The predicted octanol–water partition coefficient (Wildman–Crippen LogP) is 2.60. The van der Waals surface area contributed by atoms with Gasteiger partial charge >= 0.3 is 0 Å². The van der Waals surface area contributed by atoms with E-state index in [1.807, 2.05) is 24.0 Å². The molecule has 3 unspecified atom stereocenters. The zero-order chi connectivity index (χ0) is 14.8. The highest BCUT2D eigenvalue weighted by Crippen LogP contribution is 2.27. The Morgan fingerprint density at radius 2 is 2.18 bits per heavy atom. The zero-order valence-corrected chi connectivity index (χ0v) is 14.2. The fourth-order valence-electron chi connectivity index (χ4n) is 3.29. The fourth-order valence-corrected chi connectivity index (χ4v) is 3.47. The summed E-state index contributed by atoms with van der Waals surface area (Å²) in [6, 6.07) is 7.17. The van der Waals surface area contributed by atoms with E-state index in [0.717, 1.165) is 38.5 Å². The van der Waals surface area contributed by atoms with Crippen LogP contribution >= 0.6 is 24.0 Å². The molecule has 0 saturated carbocycles. The van der Waals surface area contributed by atoms with Gasteiger partial charge in [-0.3, -0.25) is 4.79 Å². The minimum atomic E-state index is -0.477. The smallest absolute Gasteiger partial charge is 0.263 e. The van der Waals surface area contributed by atoms with Gasteiger partial charge in [-0.05, 0) is 56.5 Å². The normalized spacial score (nSPS) is 25.1. The maximum atomic E-state index is 12.5. The average Bonchev–Trinajstić information content (AvgIpc) is 2.93. The number of hydrogen-bond donors (Lipinski definition) is 1. The van der Waals surface area contributed by atoms with Gasteiger partial charge in [0, 0.05) is 18.1 Å². The SMILES string of the molecule is CC(Oc1cccc(Cl)c1)C(=O)N1CCC2CNCC2C1.Cl. The molecular formula is C16H22Cl2N2O2. The highest BCUT2D eigenvalue weighted by atomic mass is 35.5. The molecule has 0 bridgehead atoms. The molecule has 2 saturated heterocycles. The molecule has 2 heterocycles. The van der Waals surface area contributed by atoms with Crippen molar-refractivity contribution >= 4 is 29.9 Å². The van der Waals surface area contributed by atoms with Crippen LogP contribution in [0, 0.1) is 11.8 Å². The number of carbonyl (C=O) groups excluding carboxylic acids is 1. The first-order valence-corrected chi connectivity index (χ1v) is 7.93. The third-order valence-electron chi connectivity index (χ3n) is 4.47. The van der Waals surface area contributed by atoms with Gasteiger partial charge in [0.2, 0.25) is 0 Å². The number of amides is 1. The Labute approximate surface area is 142 Å². The second-order valence-electron chi connectivity index (χ2n) is 5.97. The summed E-state index contributed by atoms with van der Waals surface area (Å²) < 4.78 is 5.73. The molecule has 4 nitrogen and oxygen atoms in total. The number of ether oxygens (including phenoxy) is 1. The Hall–Kier alpha value is -0.970. The van der Waals surface area contributed by atoms with Gasteiger partial charge in [0.1, 0.15) is 5.75 Å². The van der Waals surface area contributed by atoms with Crippen molar-refractivity contribution < 1.29 is 9.53 Å². The molecule has 122 valence electrons. The molecule has 22 heavy (non-hydrogen) atoms. The number of hydrogen-bond acceptors (Lipinski definition) is 3. The van der Waals surface area contributed by atoms with Gasteiger partial charge in [0.05, 0.1) is 0 Å². The summed E-state index contributed by atoms with van der Waals surface area (Å²) in [6.45, 7) is 5.62.